The Bertz CT molecular complexity index is 642. The van der Waals surface area contributed by atoms with Gasteiger partial charge >= 0.3 is 5.97 Å². The summed E-state index contributed by atoms with van der Waals surface area (Å²) in [6, 6.07) is 3.64. The van der Waals surface area contributed by atoms with E-state index in [1.807, 2.05) is 6.92 Å². The quantitative estimate of drug-likeness (QED) is 0.261. The van der Waals surface area contributed by atoms with Gasteiger partial charge in [0.25, 0.3) is 5.69 Å². The highest BCUT2D eigenvalue weighted by Gasteiger charge is 2.27. The predicted molar refractivity (Wildman–Crippen MR) is 84.0 cm³/mol. The lowest BCUT2D eigenvalue weighted by Crippen LogP contribution is -2.24. The Kier molecular flexibility index (Phi) is 6.16. The SMILES string of the molecule is CCC[C@@H](N=C=O)c1ccc(C(=O)OC(C)(C)C)c([N+](=O)[O-])c1. The van der Waals surface area contributed by atoms with Gasteiger partial charge in [-0.1, -0.05) is 19.4 Å². The third-order valence-corrected chi connectivity index (χ3v) is 2.99. The fourth-order valence-corrected chi connectivity index (χ4v) is 2.06. The Morgan fingerprint density at radius 1 is 1.43 bits per heavy atom. The van der Waals surface area contributed by atoms with Crippen LogP contribution in [0.5, 0.6) is 0 Å². The van der Waals surface area contributed by atoms with Crippen LogP contribution in [0.4, 0.5) is 5.69 Å². The molecule has 0 heterocycles. The zero-order valence-electron chi connectivity index (χ0n) is 13.7. The number of rotatable bonds is 6. The fourth-order valence-electron chi connectivity index (χ4n) is 2.06. The normalized spacial score (nSPS) is 12.2. The summed E-state index contributed by atoms with van der Waals surface area (Å²) in [6.07, 6.45) is 2.78. The smallest absolute Gasteiger partial charge is 0.345 e. The average Bonchev–Trinajstić information content (AvgIpc) is 2.44. The van der Waals surface area contributed by atoms with E-state index in [-0.39, 0.29) is 11.3 Å². The summed E-state index contributed by atoms with van der Waals surface area (Å²) in [5, 5.41) is 11.3. The molecule has 0 saturated carbocycles. The molecule has 1 rings (SSSR count). The molecule has 0 aliphatic rings. The monoisotopic (exact) mass is 320 g/mol. The van der Waals surface area contributed by atoms with E-state index in [1.165, 1.54) is 18.2 Å². The van der Waals surface area contributed by atoms with Crippen LogP contribution < -0.4 is 0 Å². The first-order valence-corrected chi connectivity index (χ1v) is 7.28. The number of isocyanates is 1. The molecule has 0 aliphatic heterocycles. The number of carbonyl (C=O) groups excluding carboxylic acids is 2. The van der Waals surface area contributed by atoms with Gasteiger partial charge in [-0.25, -0.2) is 9.59 Å². The topological polar surface area (TPSA) is 98.9 Å². The van der Waals surface area contributed by atoms with Crippen molar-refractivity contribution in [3.63, 3.8) is 0 Å². The van der Waals surface area contributed by atoms with Crippen molar-refractivity contribution in [2.45, 2.75) is 52.2 Å². The number of nitro benzene ring substituents is 1. The summed E-state index contributed by atoms with van der Waals surface area (Å²) < 4.78 is 5.18. The van der Waals surface area contributed by atoms with Crippen LogP contribution in [0.25, 0.3) is 0 Å². The van der Waals surface area contributed by atoms with Crippen LogP contribution >= 0.6 is 0 Å². The summed E-state index contributed by atoms with van der Waals surface area (Å²) >= 11 is 0. The molecular weight excluding hydrogens is 300 g/mol. The minimum absolute atomic E-state index is 0.126. The van der Waals surface area contributed by atoms with Gasteiger partial charge in [0.2, 0.25) is 6.08 Å². The maximum Gasteiger partial charge on any atom is 0.345 e. The lowest BCUT2D eigenvalue weighted by atomic mass is 10.00. The third-order valence-electron chi connectivity index (χ3n) is 2.99. The number of benzene rings is 1. The number of carbonyl (C=O) groups is 1. The van der Waals surface area contributed by atoms with Gasteiger partial charge in [-0.3, -0.25) is 10.1 Å². The summed E-state index contributed by atoms with van der Waals surface area (Å²) in [4.78, 5) is 36.9. The Hall–Kier alpha value is -2.53. The second-order valence-corrected chi connectivity index (χ2v) is 6.06. The van der Waals surface area contributed by atoms with Crippen LogP contribution in [0.3, 0.4) is 0 Å². The maximum atomic E-state index is 12.1. The molecule has 0 aliphatic carbocycles. The second kappa shape index (κ2) is 7.65. The van der Waals surface area contributed by atoms with Crippen molar-refractivity contribution in [1.82, 2.24) is 0 Å². The molecule has 0 amide bonds. The lowest BCUT2D eigenvalue weighted by molar-refractivity contribution is -0.385. The molecule has 7 nitrogen and oxygen atoms in total. The zero-order chi connectivity index (χ0) is 17.6. The first kappa shape index (κ1) is 18.5. The molecule has 0 saturated heterocycles. The number of nitro groups is 1. The molecular formula is C16H20N2O5. The Morgan fingerprint density at radius 2 is 2.09 bits per heavy atom. The number of hydrogen-bond donors (Lipinski definition) is 0. The highest BCUT2D eigenvalue weighted by molar-refractivity contribution is 5.94. The van der Waals surface area contributed by atoms with Gasteiger partial charge in [-0.15, -0.1) is 0 Å². The summed E-state index contributed by atoms with van der Waals surface area (Å²) in [6.45, 7) is 6.96. The fraction of sp³-hybridized carbons (Fsp3) is 0.500. The van der Waals surface area contributed by atoms with Crippen molar-refractivity contribution in [2.24, 2.45) is 4.99 Å². The highest BCUT2D eigenvalue weighted by atomic mass is 16.6. The van der Waals surface area contributed by atoms with E-state index >= 15 is 0 Å². The van der Waals surface area contributed by atoms with Crippen LogP contribution in [0.2, 0.25) is 0 Å². The van der Waals surface area contributed by atoms with Crippen molar-refractivity contribution in [1.29, 1.82) is 0 Å². The van der Waals surface area contributed by atoms with Gasteiger partial charge in [0.1, 0.15) is 11.2 Å². The lowest BCUT2D eigenvalue weighted by Gasteiger charge is -2.19. The Labute approximate surface area is 134 Å². The number of nitrogens with zero attached hydrogens (tertiary/aromatic N) is 2. The molecule has 7 heteroatoms. The molecule has 0 radical (unpaired) electrons. The largest absolute Gasteiger partial charge is 0.456 e. The van der Waals surface area contributed by atoms with Crippen molar-refractivity contribution >= 4 is 17.7 Å². The molecule has 0 N–H and O–H groups in total. The number of esters is 1. The van der Waals surface area contributed by atoms with E-state index in [4.69, 9.17) is 4.74 Å². The molecule has 1 aromatic rings. The van der Waals surface area contributed by atoms with E-state index in [9.17, 15) is 19.7 Å². The molecule has 1 atom stereocenters. The first-order valence-electron chi connectivity index (χ1n) is 7.28. The first-order chi connectivity index (χ1) is 10.7. The van der Waals surface area contributed by atoms with Crippen molar-refractivity contribution < 1.29 is 19.2 Å². The minimum atomic E-state index is -0.762. The predicted octanol–water partition coefficient (Wildman–Crippen LogP) is 3.73. The summed E-state index contributed by atoms with van der Waals surface area (Å²) in [5.74, 6) is -0.762. The number of hydrogen-bond acceptors (Lipinski definition) is 6. The zero-order valence-corrected chi connectivity index (χ0v) is 13.7. The van der Waals surface area contributed by atoms with Gasteiger partial charge in [0, 0.05) is 6.07 Å². The van der Waals surface area contributed by atoms with Crippen LogP contribution in [0.1, 0.15) is 62.5 Å². The van der Waals surface area contributed by atoms with E-state index in [0.29, 0.717) is 12.0 Å². The molecule has 0 bridgehead atoms. The number of ether oxygens (including phenoxy) is 1. The summed E-state index contributed by atoms with van der Waals surface area (Å²) in [7, 11) is 0. The molecule has 0 aromatic heterocycles. The molecule has 1 aromatic carbocycles. The van der Waals surface area contributed by atoms with Crippen LogP contribution in [0, 0.1) is 10.1 Å². The van der Waals surface area contributed by atoms with Crippen LogP contribution in [0.15, 0.2) is 23.2 Å². The Morgan fingerprint density at radius 3 is 2.57 bits per heavy atom. The van der Waals surface area contributed by atoms with Gasteiger partial charge in [0.05, 0.1) is 11.0 Å². The maximum absolute atomic E-state index is 12.1. The number of aliphatic imine (C=N–C) groups is 1. The van der Waals surface area contributed by atoms with Crippen molar-refractivity contribution in [3.05, 3.63) is 39.4 Å². The molecule has 0 unspecified atom stereocenters. The van der Waals surface area contributed by atoms with Crippen LogP contribution in [-0.4, -0.2) is 22.6 Å². The Balaban J connectivity index is 3.28. The highest BCUT2D eigenvalue weighted by Crippen LogP contribution is 2.29. The van der Waals surface area contributed by atoms with Gasteiger partial charge in [0.15, 0.2) is 0 Å². The third kappa shape index (κ3) is 5.30. The second-order valence-electron chi connectivity index (χ2n) is 6.06. The van der Waals surface area contributed by atoms with E-state index < -0.39 is 22.5 Å². The van der Waals surface area contributed by atoms with Crippen molar-refractivity contribution in [3.8, 4) is 0 Å². The van der Waals surface area contributed by atoms with Crippen LogP contribution in [-0.2, 0) is 9.53 Å². The van der Waals surface area contributed by atoms with Gasteiger partial charge < -0.3 is 4.74 Å². The van der Waals surface area contributed by atoms with Gasteiger partial charge in [-0.2, -0.15) is 4.99 Å². The van der Waals surface area contributed by atoms with Gasteiger partial charge in [-0.05, 0) is 38.8 Å². The molecule has 124 valence electrons. The van der Waals surface area contributed by atoms with E-state index in [1.54, 1.807) is 26.8 Å². The summed E-state index contributed by atoms with van der Waals surface area (Å²) in [5.41, 5.74) is -0.747. The molecule has 0 fully saturated rings. The van der Waals surface area contributed by atoms with Crippen molar-refractivity contribution in [2.75, 3.05) is 0 Å². The molecule has 23 heavy (non-hydrogen) atoms. The van der Waals surface area contributed by atoms with E-state index in [2.05, 4.69) is 4.99 Å². The van der Waals surface area contributed by atoms with E-state index in [0.717, 1.165) is 6.42 Å². The minimum Gasteiger partial charge on any atom is -0.456 e. The average molecular weight is 320 g/mol. The molecule has 0 spiro atoms. The standard InChI is InChI=1S/C16H20N2O5/c1-5-6-13(17-10-19)11-7-8-12(14(9-11)18(21)22)15(20)23-16(2,3)4/h7-9,13H,5-6H2,1-4H3/t13-/m1/s1.